The molecule has 21 heavy (non-hydrogen) atoms. The van der Waals surface area contributed by atoms with Crippen molar-refractivity contribution in [2.24, 2.45) is 0 Å². The first-order chi connectivity index (χ1) is 10.1. The minimum Gasteiger partial charge on any atom is -0.369 e. The Balaban J connectivity index is 2.63. The molecular weight excluding hydrogens is 373 g/mol. The fraction of sp³-hybridized carbons (Fsp3) is 0.412. The number of aryl methyl sites for hydroxylation is 3. The molecule has 0 aliphatic heterocycles. The van der Waals surface area contributed by atoms with Crippen LogP contribution in [-0.4, -0.2) is 16.5 Å². The number of rotatable bonds is 5. The van der Waals surface area contributed by atoms with Crippen molar-refractivity contribution < 1.29 is 0 Å². The first kappa shape index (κ1) is 16.2. The predicted molar refractivity (Wildman–Crippen MR) is 97.8 cm³/mol. The van der Waals surface area contributed by atoms with Crippen molar-refractivity contribution in [2.75, 3.05) is 11.9 Å². The molecule has 0 radical (unpaired) electrons. The second kappa shape index (κ2) is 7.20. The first-order valence-electron chi connectivity index (χ1n) is 7.45. The average molecular weight is 395 g/mol. The number of nitrogens with zero attached hydrogens (tertiary/aromatic N) is 2. The Morgan fingerprint density at radius 1 is 1.10 bits per heavy atom. The summed E-state index contributed by atoms with van der Waals surface area (Å²) in [5, 5.41) is 3.37. The van der Waals surface area contributed by atoms with Crippen LogP contribution in [0.15, 0.2) is 18.2 Å². The SMILES string of the molecule is CCCc1nc(-c2c(C)cccc2C)nc(NCC)c1I. The van der Waals surface area contributed by atoms with Crippen molar-refractivity contribution >= 4 is 28.4 Å². The molecule has 0 bridgehead atoms. The Morgan fingerprint density at radius 2 is 1.76 bits per heavy atom. The molecule has 2 aromatic rings. The van der Waals surface area contributed by atoms with E-state index < -0.39 is 0 Å². The van der Waals surface area contributed by atoms with Gasteiger partial charge in [0.2, 0.25) is 0 Å². The minimum atomic E-state index is 0.838. The highest BCUT2D eigenvalue weighted by molar-refractivity contribution is 14.1. The van der Waals surface area contributed by atoms with E-state index in [0.29, 0.717) is 0 Å². The number of benzene rings is 1. The highest BCUT2D eigenvalue weighted by Gasteiger charge is 2.15. The lowest BCUT2D eigenvalue weighted by molar-refractivity contribution is 0.866. The molecule has 0 unspecified atom stereocenters. The third kappa shape index (κ3) is 3.54. The van der Waals surface area contributed by atoms with Crippen molar-refractivity contribution in [2.45, 2.75) is 40.5 Å². The summed E-state index contributed by atoms with van der Waals surface area (Å²) in [5.74, 6) is 1.79. The summed E-state index contributed by atoms with van der Waals surface area (Å²) in [6.45, 7) is 9.39. The zero-order chi connectivity index (χ0) is 15.4. The average Bonchev–Trinajstić information content (AvgIpc) is 2.44. The van der Waals surface area contributed by atoms with E-state index in [2.05, 4.69) is 73.8 Å². The number of aromatic nitrogens is 2. The topological polar surface area (TPSA) is 37.8 Å². The Morgan fingerprint density at radius 3 is 2.33 bits per heavy atom. The molecule has 1 heterocycles. The van der Waals surface area contributed by atoms with Crippen LogP contribution in [0.4, 0.5) is 5.82 Å². The van der Waals surface area contributed by atoms with Crippen molar-refractivity contribution in [3.8, 4) is 11.4 Å². The van der Waals surface area contributed by atoms with E-state index in [4.69, 9.17) is 9.97 Å². The zero-order valence-corrected chi connectivity index (χ0v) is 15.3. The molecule has 0 saturated heterocycles. The monoisotopic (exact) mass is 395 g/mol. The van der Waals surface area contributed by atoms with Gasteiger partial charge in [0.1, 0.15) is 5.82 Å². The van der Waals surface area contributed by atoms with Crippen LogP contribution in [0.1, 0.15) is 37.1 Å². The van der Waals surface area contributed by atoms with Gasteiger partial charge in [-0.2, -0.15) is 0 Å². The second-order valence-electron chi connectivity index (χ2n) is 5.20. The number of hydrogen-bond donors (Lipinski definition) is 1. The third-order valence-electron chi connectivity index (χ3n) is 3.46. The van der Waals surface area contributed by atoms with Gasteiger partial charge in [0.05, 0.1) is 9.26 Å². The van der Waals surface area contributed by atoms with E-state index in [-0.39, 0.29) is 0 Å². The van der Waals surface area contributed by atoms with Crippen LogP contribution in [0.25, 0.3) is 11.4 Å². The number of anilines is 1. The van der Waals surface area contributed by atoms with Crippen LogP contribution < -0.4 is 5.32 Å². The van der Waals surface area contributed by atoms with Gasteiger partial charge in [-0.1, -0.05) is 31.5 Å². The van der Waals surface area contributed by atoms with Crippen LogP contribution in [0.5, 0.6) is 0 Å². The largest absolute Gasteiger partial charge is 0.369 e. The summed E-state index contributed by atoms with van der Waals surface area (Å²) in [4.78, 5) is 9.61. The summed E-state index contributed by atoms with van der Waals surface area (Å²) in [7, 11) is 0. The maximum atomic E-state index is 4.84. The van der Waals surface area contributed by atoms with Gasteiger partial charge in [0.15, 0.2) is 5.82 Å². The smallest absolute Gasteiger partial charge is 0.162 e. The lowest BCUT2D eigenvalue weighted by Gasteiger charge is -2.14. The summed E-state index contributed by atoms with van der Waals surface area (Å²) < 4.78 is 1.14. The van der Waals surface area contributed by atoms with E-state index >= 15 is 0 Å². The highest BCUT2D eigenvalue weighted by Crippen LogP contribution is 2.28. The molecule has 2 rings (SSSR count). The van der Waals surface area contributed by atoms with Crippen LogP contribution in [0.2, 0.25) is 0 Å². The summed E-state index contributed by atoms with van der Waals surface area (Å²) in [6, 6.07) is 6.32. The quantitative estimate of drug-likeness (QED) is 0.743. The van der Waals surface area contributed by atoms with Crippen molar-refractivity contribution in [1.82, 2.24) is 9.97 Å². The molecule has 1 aromatic carbocycles. The summed E-state index contributed by atoms with van der Waals surface area (Å²) in [6.07, 6.45) is 2.07. The Kier molecular flexibility index (Phi) is 5.56. The first-order valence-corrected chi connectivity index (χ1v) is 8.53. The number of nitrogens with one attached hydrogen (secondary N) is 1. The molecule has 0 amide bonds. The van der Waals surface area contributed by atoms with Crippen LogP contribution >= 0.6 is 22.6 Å². The van der Waals surface area contributed by atoms with Gasteiger partial charge in [-0.25, -0.2) is 9.97 Å². The molecule has 0 atom stereocenters. The molecule has 0 aliphatic rings. The predicted octanol–water partition coefficient (Wildman–Crippen LogP) is 4.75. The highest BCUT2D eigenvalue weighted by atomic mass is 127. The van der Waals surface area contributed by atoms with Crippen molar-refractivity contribution in [3.05, 3.63) is 38.6 Å². The third-order valence-corrected chi connectivity index (χ3v) is 4.59. The molecule has 0 spiro atoms. The van der Waals surface area contributed by atoms with Gasteiger partial charge in [-0.3, -0.25) is 0 Å². The lowest BCUT2D eigenvalue weighted by atomic mass is 10.0. The minimum absolute atomic E-state index is 0.838. The molecule has 3 nitrogen and oxygen atoms in total. The molecule has 0 fully saturated rings. The molecular formula is C17H22IN3. The summed E-state index contributed by atoms with van der Waals surface area (Å²) in [5.41, 5.74) is 4.74. The van der Waals surface area contributed by atoms with E-state index in [1.54, 1.807) is 0 Å². The molecule has 4 heteroatoms. The molecule has 112 valence electrons. The molecule has 1 N–H and O–H groups in total. The van der Waals surface area contributed by atoms with Gasteiger partial charge in [0, 0.05) is 12.1 Å². The lowest BCUT2D eigenvalue weighted by Crippen LogP contribution is -2.09. The normalized spacial score (nSPS) is 10.7. The molecule has 0 saturated carbocycles. The zero-order valence-electron chi connectivity index (χ0n) is 13.1. The van der Waals surface area contributed by atoms with Gasteiger partial charge < -0.3 is 5.32 Å². The van der Waals surface area contributed by atoms with Crippen molar-refractivity contribution in [1.29, 1.82) is 0 Å². The fourth-order valence-corrected chi connectivity index (χ4v) is 3.16. The summed E-state index contributed by atoms with van der Waals surface area (Å²) >= 11 is 2.35. The van der Waals surface area contributed by atoms with E-state index in [1.165, 1.54) is 11.1 Å². The Labute approximate surface area is 140 Å². The number of halogens is 1. The van der Waals surface area contributed by atoms with Crippen LogP contribution in [-0.2, 0) is 6.42 Å². The Bertz CT molecular complexity index is 591. The number of hydrogen-bond acceptors (Lipinski definition) is 3. The van der Waals surface area contributed by atoms with E-state index in [9.17, 15) is 0 Å². The standard InChI is InChI=1S/C17H22IN3/c1-5-8-13-15(18)17(19-6-2)21-16(20-13)14-11(3)9-7-10-12(14)4/h7,9-10H,5-6,8H2,1-4H3,(H,19,20,21). The van der Waals surface area contributed by atoms with Crippen LogP contribution in [0.3, 0.4) is 0 Å². The van der Waals surface area contributed by atoms with Gasteiger partial charge in [0.25, 0.3) is 0 Å². The Hall–Kier alpha value is -1.17. The fourth-order valence-electron chi connectivity index (χ4n) is 2.46. The van der Waals surface area contributed by atoms with Gasteiger partial charge in [-0.15, -0.1) is 0 Å². The maximum Gasteiger partial charge on any atom is 0.162 e. The second-order valence-corrected chi connectivity index (χ2v) is 6.28. The van der Waals surface area contributed by atoms with E-state index in [1.807, 2.05) is 0 Å². The molecule has 1 aromatic heterocycles. The molecule has 0 aliphatic carbocycles. The van der Waals surface area contributed by atoms with Crippen molar-refractivity contribution in [3.63, 3.8) is 0 Å². The van der Waals surface area contributed by atoms with Crippen LogP contribution in [0, 0.1) is 17.4 Å². The van der Waals surface area contributed by atoms with E-state index in [0.717, 1.165) is 45.9 Å². The van der Waals surface area contributed by atoms with Gasteiger partial charge in [-0.05, 0) is 60.9 Å². The maximum absolute atomic E-state index is 4.84. The van der Waals surface area contributed by atoms with Gasteiger partial charge >= 0.3 is 0 Å².